The number of nitrogens with zero attached hydrogens (tertiary/aromatic N) is 3. The highest BCUT2D eigenvalue weighted by molar-refractivity contribution is 5.81. The van der Waals surface area contributed by atoms with Crippen LogP contribution in [0.5, 0.6) is 0 Å². The van der Waals surface area contributed by atoms with Gasteiger partial charge in [0.1, 0.15) is 0 Å². The van der Waals surface area contributed by atoms with E-state index in [0.717, 1.165) is 12.1 Å². The maximum absolute atomic E-state index is 12.0. The molecule has 1 amide bonds. The van der Waals surface area contributed by atoms with E-state index in [2.05, 4.69) is 38.2 Å². The topological polar surface area (TPSA) is 83.3 Å². The molecule has 2 aromatic carbocycles. The van der Waals surface area contributed by atoms with E-state index < -0.39 is 0 Å². The van der Waals surface area contributed by atoms with Gasteiger partial charge >= 0.3 is 0 Å². The molecule has 1 aromatic heterocycles. The SMILES string of the molecule is CN=C(NCCC(=O)NCc1ccccc1)NCc1ccccc1Cn1cccn1. The quantitative estimate of drug-likeness (QED) is 0.378. The maximum Gasteiger partial charge on any atom is 0.222 e. The van der Waals surface area contributed by atoms with Gasteiger partial charge in [-0.1, -0.05) is 54.6 Å². The molecule has 0 aliphatic heterocycles. The van der Waals surface area contributed by atoms with Crippen LogP contribution >= 0.6 is 0 Å². The van der Waals surface area contributed by atoms with E-state index in [0.29, 0.717) is 32.0 Å². The minimum Gasteiger partial charge on any atom is -0.356 e. The van der Waals surface area contributed by atoms with E-state index in [9.17, 15) is 4.79 Å². The summed E-state index contributed by atoms with van der Waals surface area (Å²) in [5.41, 5.74) is 3.46. The van der Waals surface area contributed by atoms with Crippen LogP contribution in [-0.2, 0) is 24.4 Å². The average molecular weight is 405 g/mol. The molecule has 0 atom stereocenters. The molecule has 0 saturated carbocycles. The zero-order valence-corrected chi connectivity index (χ0v) is 17.2. The predicted molar refractivity (Wildman–Crippen MR) is 119 cm³/mol. The smallest absolute Gasteiger partial charge is 0.222 e. The van der Waals surface area contributed by atoms with Crippen LogP contribution in [0.25, 0.3) is 0 Å². The molecule has 0 fully saturated rings. The summed E-state index contributed by atoms with van der Waals surface area (Å²) in [4.78, 5) is 16.3. The Morgan fingerprint density at radius 2 is 1.70 bits per heavy atom. The molecular formula is C23H28N6O. The molecule has 7 heteroatoms. The van der Waals surface area contributed by atoms with Crippen LogP contribution in [0.4, 0.5) is 0 Å². The standard InChI is InChI=1S/C23H28N6O/c1-24-23(25-14-12-22(30)26-16-19-8-3-2-4-9-19)27-17-20-10-5-6-11-21(20)18-29-15-7-13-28-29/h2-11,13,15H,12,14,16-18H2,1H3,(H,26,30)(H2,24,25,27). The molecule has 7 nitrogen and oxygen atoms in total. The van der Waals surface area contributed by atoms with Crippen LogP contribution in [-0.4, -0.2) is 35.2 Å². The Hall–Kier alpha value is -3.61. The number of hydrogen-bond acceptors (Lipinski definition) is 3. The van der Waals surface area contributed by atoms with Crippen molar-refractivity contribution in [3.8, 4) is 0 Å². The number of amides is 1. The number of carbonyl (C=O) groups excluding carboxylic acids is 1. The van der Waals surface area contributed by atoms with Crippen molar-refractivity contribution < 1.29 is 4.79 Å². The Balaban J connectivity index is 1.41. The molecule has 0 radical (unpaired) electrons. The van der Waals surface area contributed by atoms with Gasteiger partial charge in [0.05, 0.1) is 6.54 Å². The van der Waals surface area contributed by atoms with Crippen molar-refractivity contribution in [1.82, 2.24) is 25.7 Å². The number of rotatable bonds is 9. The second-order valence-electron chi connectivity index (χ2n) is 6.84. The number of hydrogen-bond donors (Lipinski definition) is 3. The Morgan fingerprint density at radius 3 is 2.43 bits per heavy atom. The highest BCUT2D eigenvalue weighted by atomic mass is 16.1. The van der Waals surface area contributed by atoms with Gasteiger partial charge in [0.2, 0.25) is 5.91 Å². The molecule has 3 rings (SSSR count). The summed E-state index contributed by atoms with van der Waals surface area (Å²) >= 11 is 0. The molecule has 156 valence electrons. The molecule has 3 N–H and O–H groups in total. The molecule has 0 bridgehead atoms. The molecule has 0 spiro atoms. The molecule has 0 aliphatic carbocycles. The van der Waals surface area contributed by atoms with Crippen molar-refractivity contribution in [3.63, 3.8) is 0 Å². The summed E-state index contributed by atoms with van der Waals surface area (Å²) in [5.74, 6) is 0.672. The van der Waals surface area contributed by atoms with E-state index in [1.54, 1.807) is 13.2 Å². The van der Waals surface area contributed by atoms with E-state index in [4.69, 9.17) is 0 Å². The third kappa shape index (κ3) is 6.77. The van der Waals surface area contributed by atoms with Crippen molar-refractivity contribution in [2.75, 3.05) is 13.6 Å². The first kappa shape index (κ1) is 21.1. The third-order valence-electron chi connectivity index (χ3n) is 4.66. The van der Waals surface area contributed by atoms with Gasteiger partial charge in [0.25, 0.3) is 0 Å². The Kier molecular flexibility index (Phi) is 8.02. The molecule has 0 saturated heterocycles. The van der Waals surface area contributed by atoms with Gasteiger partial charge in [0.15, 0.2) is 5.96 Å². The fraction of sp³-hybridized carbons (Fsp3) is 0.261. The molecule has 0 unspecified atom stereocenters. The minimum atomic E-state index is 0.00590. The van der Waals surface area contributed by atoms with Crippen molar-refractivity contribution in [2.45, 2.75) is 26.1 Å². The third-order valence-corrected chi connectivity index (χ3v) is 4.66. The summed E-state index contributed by atoms with van der Waals surface area (Å²) in [6.45, 7) is 2.41. The van der Waals surface area contributed by atoms with Gasteiger partial charge < -0.3 is 16.0 Å². The zero-order valence-electron chi connectivity index (χ0n) is 17.2. The highest BCUT2D eigenvalue weighted by Crippen LogP contribution is 2.10. The van der Waals surface area contributed by atoms with Crippen molar-refractivity contribution in [3.05, 3.63) is 89.7 Å². The summed E-state index contributed by atoms with van der Waals surface area (Å²) < 4.78 is 1.90. The van der Waals surface area contributed by atoms with Gasteiger partial charge in [-0.05, 0) is 22.8 Å². The summed E-state index contributed by atoms with van der Waals surface area (Å²) in [7, 11) is 1.72. The van der Waals surface area contributed by atoms with E-state index in [1.165, 1.54) is 11.1 Å². The summed E-state index contributed by atoms with van der Waals surface area (Å²) in [6.07, 6.45) is 4.11. The molecular weight excluding hydrogens is 376 g/mol. The van der Waals surface area contributed by atoms with Crippen molar-refractivity contribution >= 4 is 11.9 Å². The lowest BCUT2D eigenvalue weighted by Gasteiger charge is -2.14. The van der Waals surface area contributed by atoms with Gasteiger partial charge in [0, 0.05) is 45.5 Å². The van der Waals surface area contributed by atoms with E-state index in [-0.39, 0.29) is 5.91 Å². The van der Waals surface area contributed by atoms with Gasteiger partial charge in [-0.25, -0.2) is 0 Å². The number of nitrogens with one attached hydrogen (secondary N) is 3. The van der Waals surface area contributed by atoms with Gasteiger partial charge in [-0.2, -0.15) is 5.10 Å². The number of guanidine groups is 1. The van der Waals surface area contributed by atoms with Crippen LogP contribution in [0.3, 0.4) is 0 Å². The van der Waals surface area contributed by atoms with Crippen molar-refractivity contribution in [1.29, 1.82) is 0 Å². The van der Waals surface area contributed by atoms with Gasteiger partial charge in [-0.3, -0.25) is 14.5 Å². The Bertz CT molecular complexity index is 937. The molecule has 1 heterocycles. The van der Waals surface area contributed by atoms with E-state index >= 15 is 0 Å². The second kappa shape index (κ2) is 11.4. The number of aliphatic imine (C=N–C) groups is 1. The largest absolute Gasteiger partial charge is 0.356 e. The van der Waals surface area contributed by atoms with Crippen LogP contribution in [0, 0.1) is 0 Å². The predicted octanol–water partition coefficient (Wildman–Crippen LogP) is 2.30. The zero-order chi connectivity index (χ0) is 21.0. The normalized spacial score (nSPS) is 11.2. The van der Waals surface area contributed by atoms with E-state index in [1.807, 2.05) is 59.4 Å². The fourth-order valence-electron chi connectivity index (χ4n) is 3.03. The van der Waals surface area contributed by atoms with Crippen LogP contribution in [0.2, 0.25) is 0 Å². The fourth-order valence-corrected chi connectivity index (χ4v) is 3.03. The number of benzene rings is 2. The van der Waals surface area contributed by atoms with Crippen LogP contribution in [0.15, 0.2) is 78.0 Å². The van der Waals surface area contributed by atoms with Crippen LogP contribution < -0.4 is 16.0 Å². The lowest BCUT2D eigenvalue weighted by atomic mass is 10.1. The average Bonchev–Trinajstić information content (AvgIpc) is 3.29. The summed E-state index contributed by atoms with van der Waals surface area (Å²) in [5, 5.41) is 13.7. The number of carbonyl (C=O) groups is 1. The van der Waals surface area contributed by atoms with Gasteiger partial charge in [-0.15, -0.1) is 0 Å². The minimum absolute atomic E-state index is 0.00590. The highest BCUT2D eigenvalue weighted by Gasteiger charge is 2.06. The first-order valence-corrected chi connectivity index (χ1v) is 10.0. The molecule has 0 aliphatic rings. The summed E-state index contributed by atoms with van der Waals surface area (Å²) in [6, 6.07) is 20.1. The first-order valence-electron chi connectivity index (χ1n) is 10.0. The van der Waals surface area contributed by atoms with Crippen LogP contribution in [0.1, 0.15) is 23.1 Å². The monoisotopic (exact) mass is 404 g/mol. The lowest BCUT2D eigenvalue weighted by Crippen LogP contribution is -2.39. The Morgan fingerprint density at radius 1 is 0.933 bits per heavy atom. The Labute approximate surface area is 177 Å². The molecule has 3 aromatic rings. The first-order chi connectivity index (χ1) is 14.7. The number of aromatic nitrogens is 2. The maximum atomic E-state index is 12.0. The van der Waals surface area contributed by atoms with Crippen molar-refractivity contribution in [2.24, 2.45) is 4.99 Å². The molecule has 30 heavy (non-hydrogen) atoms. The second-order valence-corrected chi connectivity index (χ2v) is 6.84. The lowest BCUT2D eigenvalue weighted by molar-refractivity contribution is -0.121.